The zero-order chi connectivity index (χ0) is 17.7. The molecule has 2 rings (SSSR count). The van der Waals surface area contributed by atoms with Gasteiger partial charge in [-0.25, -0.2) is 5.01 Å². The molecule has 0 atom stereocenters. The average molecular weight is 369 g/mol. The minimum Gasteiger partial charge on any atom is -0.350 e. The van der Waals surface area contributed by atoms with Crippen molar-refractivity contribution in [2.24, 2.45) is 5.73 Å². The van der Waals surface area contributed by atoms with Crippen molar-refractivity contribution in [2.45, 2.75) is 45.1 Å². The maximum Gasteiger partial charge on any atom is 0.251 e. The molecule has 1 fully saturated rings. The van der Waals surface area contributed by atoms with E-state index in [2.05, 4.69) is 10.7 Å². The number of nitrogens with one attached hydrogen (secondary N) is 2. The van der Waals surface area contributed by atoms with Gasteiger partial charge < -0.3 is 11.1 Å². The van der Waals surface area contributed by atoms with E-state index in [-0.39, 0.29) is 43.0 Å². The van der Waals surface area contributed by atoms with Gasteiger partial charge in [-0.1, -0.05) is 13.8 Å². The molecule has 0 aromatic heterocycles. The number of hydrazine groups is 1. The molecule has 3 amide bonds. The van der Waals surface area contributed by atoms with E-state index in [1.54, 1.807) is 24.3 Å². The minimum atomic E-state index is -0.403. The molecule has 0 saturated carbocycles. The highest BCUT2D eigenvalue weighted by molar-refractivity contribution is 6.01. The van der Waals surface area contributed by atoms with Gasteiger partial charge in [-0.05, 0) is 37.1 Å². The molecule has 4 N–H and O–H groups in total. The zero-order valence-electron chi connectivity index (χ0n) is 14.5. The van der Waals surface area contributed by atoms with Crippen LogP contribution in [-0.2, 0) is 9.59 Å². The summed E-state index contributed by atoms with van der Waals surface area (Å²) >= 11 is 0. The van der Waals surface area contributed by atoms with Crippen molar-refractivity contribution >= 4 is 35.8 Å². The number of halogens is 1. The Balaban J connectivity index is 0.00000312. The summed E-state index contributed by atoms with van der Waals surface area (Å²) < 4.78 is 0. The van der Waals surface area contributed by atoms with Gasteiger partial charge in [0.25, 0.3) is 5.91 Å². The number of anilines is 1. The highest BCUT2D eigenvalue weighted by Crippen LogP contribution is 2.18. The smallest absolute Gasteiger partial charge is 0.251 e. The normalized spacial score (nSPS) is 14.6. The van der Waals surface area contributed by atoms with Crippen molar-refractivity contribution in [3.63, 3.8) is 0 Å². The molecule has 8 heteroatoms. The molecule has 1 aliphatic rings. The molecule has 0 bridgehead atoms. The Morgan fingerprint density at radius 2 is 1.80 bits per heavy atom. The number of nitrogens with two attached hydrogens (primary N) is 1. The first kappa shape index (κ1) is 20.9. The van der Waals surface area contributed by atoms with E-state index in [1.807, 2.05) is 13.8 Å². The average Bonchev–Trinajstić information content (AvgIpc) is 2.61. The number of nitrogens with zero attached hydrogens (tertiary/aromatic N) is 1. The predicted octanol–water partition coefficient (Wildman–Crippen LogP) is 1.51. The number of benzene rings is 1. The fraction of sp³-hybridized carbons (Fsp3) is 0.471. The maximum absolute atomic E-state index is 12.2. The minimum absolute atomic E-state index is 0. The van der Waals surface area contributed by atoms with Gasteiger partial charge in [-0.3, -0.25) is 19.8 Å². The van der Waals surface area contributed by atoms with Crippen LogP contribution in [0.25, 0.3) is 0 Å². The highest BCUT2D eigenvalue weighted by atomic mass is 35.5. The Hall–Kier alpha value is -2.12. The first-order valence-corrected chi connectivity index (χ1v) is 8.18. The van der Waals surface area contributed by atoms with E-state index < -0.39 is 5.54 Å². The van der Waals surface area contributed by atoms with Crippen LogP contribution in [-0.4, -0.2) is 29.8 Å². The van der Waals surface area contributed by atoms with Crippen molar-refractivity contribution in [1.29, 1.82) is 0 Å². The molecule has 1 aliphatic heterocycles. The molecule has 0 aliphatic carbocycles. The van der Waals surface area contributed by atoms with E-state index in [0.717, 1.165) is 12.8 Å². The molecule has 7 nitrogen and oxygen atoms in total. The van der Waals surface area contributed by atoms with Crippen LogP contribution in [0.2, 0.25) is 0 Å². The van der Waals surface area contributed by atoms with Crippen molar-refractivity contribution in [1.82, 2.24) is 10.7 Å². The van der Waals surface area contributed by atoms with Gasteiger partial charge in [0.05, 0.1) is 5.69 Å². The van der Waals surface area contributed by atoms with E-state index in [4.69, 9.17) is 5.73 Å². The lowest BCUT2D eigenvalue weighted by atomic mass is 9.94. The molecule has 1 aromatic carbocycles. The fourth-order valence-electron chi connectivity index (χ4n) is 2.40. The van der Waals surface area contributed by atoms with Gasteiger partial charge in [-0.15, -0.1) is 12.4 Å². The van der Waals surface area contributed by atoms with Gasteiger partial charge in [0.15, 0.2) is 0 Å². The first-order chi connectivity index (χ1) is 11.4. The summed E-state index contributed by atoms with van der Waals surface area (Å²) in [7, 11) is 0. The second kappa shape index (κ2) is 8.82. The molecular formula is C17H25ClN4O3. The number of rotatable bonds is 6. The molecule has 0 spiro atoms. The Kier molecular flexibility index (Phi) is 7.38. The topological polar surface area (TPSA) is 105 Å². The lowest BCUT2D eigenvalue weighted by Gasteiger charge is -2.27. The Bertz CT molecular complexity index is 629. The van der Waals surface area contributed by atoms with Crippen LogP contribution in [0.4, 0.5) is 5.69 Å². The quantitative estimate of drug-likeness (QED) is 0.707. The summed E-state index contributed by atoms with van der Waals surface area (Å²) in [5.41, 5.74) is 9.29. The zero-order valence-corrected chi connectivity index (χ0v) is 15.3. The summed E-state index contributed by atoms with van der Waals surface area (Å²) in [6, 6.07) is 6.51. The summed E-state index contributed by atoms with van der Waals surface area (Å²) in [5, 5.41) is 4.06. The molecule has 138 valence electrons. The Labute approximate surface area is 153 Å². The maximum atomic E-state index is 12.2. The van der Waals surface area contributed by atoms with E-state index >= 15 is 0 Å². The number of hydrogen-bond donors (Lipinski definition) is 3. The summed E-state index contributed by atoms with van der Waals surface area (Å²) in [5.74, 6) is -0.590. The van der Waals surface area contributed by atoms with Gasteiger partial charge in [0, 0.05) is 30.5 Å². The van der Waals surface area contributed by atoms with Crippen LogP contribution in [0, 0.1) is 0 Å². The lowest BCUT2D eigenvalue weighted by molar-refractivity contribution is -0.130. The van der Waals surface area contributed by atoms with Gasteiger partial charge in [0.2, 0.25) is 11.8 Å². The van der Waals surface area contributed by atoms with Crippen molar-refractivity contribution in [2.75, 3.05) is 11.6 Å². The van der Waals surface area contributed by atoms with Crippen molar-refractivity contribution < 1.29 is 14.4 Å². The van der Waals surface area contributed by atoms with Crippen LogP contribution < -0.4 is 21.5 Å². The third kappa shape index (κ3) is 5.17. The van der Waals surface area contributed by atoms with Crippen molar-refractivity contribution in [3.05, 3.63) is 29.8 Å². The number of carbonyl (C=O) groups excluding carboxylic acids is 3. The van der Waals surface area contributed by atoms with E-state index in [1.165, 1.54) is 5.01 Å². The lowest BCUT2D eigenvalue weighted by Crippen LogP contribution is -2.50. The highest BCUT2D eigenvalue weighted by Gasteiger charge is 2.25. The van der Waals surface area contributed by atoms with Crippen LogP contribution in [0.15, 0.2) is 24.3 Å². The number of amides is 3. The summed E-state index contributed by atoms with van der Waals surface area (Å²) in [4.78, 5) is 35.5. The van der Waals surface area contributed by atoms with Gasteiger partial charge in [-0.2, -0.15) is 0 Å². The fourth-order valence-corrected chi connectivity index (χ4v) is 2.40. The second-order valence-electron chi connectivity index (χ2n) is 6.06. The molecule has 0 unspecified atom stereocenters. The molecular weight excluding hydrogens is 344 g/mol. The third-order valence-corrected chi connectivity index (χ3v) is 4.45. The van der Waals surface area contributed by atoms with Crippen molar-refractivity contribution in [3.8, 4) is 0 Å². The third-order valence-electron chi connectivity index (χ3n) is 4.45. The Morgan fingerprint density at radius 1 is 1.20 bits per heavy atom. The standard InChI is InChI=1S/C17H24N4O3.ClH/c1-3-17(18,4-2)11-19-16(24)12-5-7-13(8-6-12)21-15(23)10-9-14(22)20-21;/h5-8H,3-4,9-11,18H2,1-2H3,(H,19,24)(H,20,22);1H. The van der Waals surface area contributed by atoms with E-state index in [9.17, 15) is 14.4 Å². The van der Waals surface area contributed by atoms with Crippen LogP contribution in [0.5, 0.6) is 0 Å². The molecule has 1 aromatic rings. The molecule has 1 saturated heterocycles. The summed E-state index contributed by atoms with van der Waals surface area (Å²) in [6.07, 6.45) is 1.94. The van der Waals surface area contributed by atoms with Gasteiger partial charge >= 0.3 is 0 Å². The Morgan fingerprint density at radius 3 is 2.36 bits per heavy atom. The number of carbonyl (C=O) groups is 3. The largest absolute Gasteiger partial charge is 0.350 e. The predicted molar refractivity (Wildman–Crippen MR) is 98.4 cm³/mol. The SMILES string of the molecule is CCC(N)(CC)CNC(=O)c1ccc(N2NC(=O)CCC2=O)cc1.Cl. The molecule has 1 heterocycles. The second-order valence-corrected chi connectivity index (χ2v) is 6.06. The first-order valence-electron chi connectivity index (χ1n) is 8.18. The van der Waals surface area contributed by atoms with Gasteiger partial charge in [0.1, 0.15) is 0 Å². The van der Waals surface area contributed by atoms with E-state index in [0.29, 0.717) is 17.8 Å². The number of hydrogen-bond acceptors (Lipinski definition) is 4. The summed E-state index contributed by atoms with van der Waals surface area (Å²) in [6.45, 7) is 4.39. The monoisotopic (exact) mass is 368 g/mol. The van der Waals surface area contributed by atoms with Crippen LogP contribution in [0.3, 0.4) is 0 Å². The van der Waals surface area contributed by atoms with Crippen LogP contribution >= 0.6 is 12.4 Å². The van der Waals surface area contributed by atoms with Crippen LogP contribution in [0.1, 0.15) is 49.9 Å². The molecule has 25 heavy (non-hydrogen) atoms. The molecule has 0 radical (unpaired) electrons.